The number of nitrogens with one attached hydrogen (secondary N) is 3. The number of anilines is 1. The Morgan fingerprint density at radius 2 is 1.38 bits per heavy atom. The van der Waals surface area contributed by atoms with Gasteiger partial charge in [0.2, 0.25) is 5.91 Å². The highest BCUT2D eigenvalue weighted by Crippen LogP contribution is 2.29. The van der Waals surface area contributed by atoms with E-state index < -0.39 is 12.1 Å². The van der Waals surface area contributed by atoms with Gasteiger partial charge in [-0.1, -0.05) is 60.7 Å². The van der Waals surface area contributed by atoms with E-state index in [0.717, 1.165) is 11.1 Å². The lowest BCUT2D eigenvalue weighted by Crippen LogP contribution is -2.47. The van der Waals surface area contributed by atoms with Gasteiger partial charge in [-0.05, 0) is 30.2 Å². The van der Waals surface area contributed by atoms with Crippen molar-refractivity contribution >= 4 is 17.6 Å². The highest BCUT2D eigenvalue weighted by atomic mass is 16.5. The summed E-state index contributed by atoms with van der Waals surface area (Å²) in [6, 6.07) is 22.8. The summed E-state index contributed by atoms with van der Waals surface area (Å²) < 4.78 is 10.5. The van der Waals surface area contributed by atoms with E-state index in [1.807, 2.05) is 60.7 Å². The molecule has 7 nitrogen and oxygen atoms in total. The van der Waals surface area contributed by atoms with Crippen molar-refractivity contribution in [3.8, 4) is 11.5 Å². The third-order valence-electron chi connectivity index (χ3n) is 4.95. The number of carbonyl (C=O) groups is 2. The monoisotopic (exact) mass is 433 g/mol. The van der Waals surface area contributed by atoms with Crippen molar-refractivity contribution in [1.82, 2.24) is 10.6 Å². The minimum atomic E-state index is -0.769. The lowest BCUT2D eigenvalue weighted by Gasteiger charge is -2.23. The molecule has 3 aromatic carbocycles. The highest BCUT2D eigenvalue weighted by molar-refractivity contribution is 5.94. The molecule has 0 aliphatic carbocycles. The lowest BCUT2D eigenvalue weighted by atomic mass is 9.98. The predicted molar refractivity (Wildman–Crippen MR) is 124 cm³/mol. The lowest BCUT2D eigenvalue weighted by molar-refractivity contribution is -0.123. The normalized spacial score (nSPS) is 11.4. The van der Waals surface area contributed by atoms with Crippen molar-refractivity contribution in [1.29, 1.82) is 0 Å². The number of urea groups is 1. The molecular formula is C25H27N3O4. The Balaban J connectivity index is 1.67. The molecule has 0 spiro atoms. The SMILES string of the molecule is COc1ccc(NC(=O)NC(C)C(=O)NC(c2ccccc2)c2ccccc2)c(OC)c1. The van der Waals surface area contributed by atoms with Gasteiger partial charge in [-0.25, -0.2) is 4.79 Å². The Kier molecular flexibility index (Phi) is 7.70. The molecule has 32 heavy (non-hydrogen) atoms. The first-order valence-corrected chi connectivity index (χ1v) is 10.2. The van der Waals surface area contributed by atoms with Gasteiger partial charge in [-0.2, -0.15) is 0 Å². The molecule has 0 saturated carbocycles. The van der Waals surface area contributed by atoms with Crippen LogP contribution in [0.25, 0.3) is 0 Å². The largest absolute Gasteiger partial charge is 0.497 e. The van der Waals surface area contributed by atoms with Crippen LogP contribution in [0.3, 0.4) is 0 Å². The van der Waals surface area contributed by atoms with Crippen molar-refractivity contribution in [2.45, 2.75) is 19.0 Å². The van der Waals surface area contributed by atoms with Crippen LogP contribution in [0.1, 0.15) is 24.1 Å². The molecule has 1 atom stereocenters. The van der Waals surface area contributed by atoms with E-state index in [0.29, 0.717) is 17.2 Å². The third-order valence-corrected chi connectivity index (χ3v) is 4.95. The van der Waals surface area contributed by atoms with Crippen molar-refractivity contribution in [2.75, 3.05) is 19.5 Å². The second-order valence-electron chi connectivity index (χ2n) is 7.15. The minimum Gasteiger partial charge on any atom is -0.497 e. The zero-order chi connectivity index (χ0) is 22.9. The van der Waals surface area contributed by atoms with Crippen LogP contribution in [0.5, 0.6) is 11.5 Å². The number of hydrogen-bond acceptors (Lipinski definition) is 4. The maximum absolute atomic E-state index is 12.9. The molecule has 0 radical (unpaired) electrons. The Labute approximate surface area is 187 Å². The van der Waals surface area contributed by atoms with E-state index in [9.17, 15) is 9.59 Å². The predicted octanol–water partition coefficient (Wildman–Crippen LogP) is 4.12. The van der Waals surface area contributed by atoms with Gasteiger partial charge in [0.25, 0.3) is 0 Å². The van der Waals surface area contributed by atoms with Gasteiger partial charge in [-0.3, -0.25) is 4.79 Å². The van der Waals surface area contributed by atoms with Crippen LogP contribution in [-0.4, -0.2) is 32.2 Å². The fourth-order valence-corrected chi connectivity index (χ4v) is 3.24. The summed E-state index contributed by atoms with van der Waals surface area (Å²) >= 11 is 0. The van der Waals surface area contributed by atoms with E-state index in [4.69, 9.17) is 9.47 Å². The molecular weight excluding hydrogens is 406 g/mol. The molecule has 3 aromatic rings. The van der Waals surface area contributed by atoms with Gasteiger partial charge in [0, 0.05) is 6.07 Å². The summed E-state index contributed by atoms with van der Waals surface area (Å²) in [5.41, 5.74) is 2.36. The molecule has 1 unspecified atom stereocenters. The molecule has 0 heterocycles. The van der Waals surface area contributed by atoms with Gasteiger partial charge in [0.15, 0.2) is 0 Å². The van der Waals surface area contributed by atoms with Gasteiger partial charge in [0.05, 0.1) is 25.9 Å². The number of carbonyl (C=O) groups excluding carboxylic acids is 2. The van der Waals surface area contributed by atoms with Gasteiger partial charge in [0.1, 0.15) is 17.5 Å². The van der Waals surface area contributed by atoms with E-state index in [1.165, 1.54) is 7.11 Å². The number of ether oxygens (including phenoxy) is 2. The molecule has 0 saturated heterocycles. The fraction of sp³-hybridized carbons (Fsp3) is 0.200. The molecule has 0 aliphatic rings. The van der Waals surface area contributed by atoms with Crippen molar-refractivity contribution in [2.24, 2.45) is 0 Å². The molecule has 3 N–H and O–H groups in total. The van der Waals surface area contributed by atoms with Crippen molar-refractivity contribution < 1.29 is 19.1 Å². The van der Waals surface area contributed by atoms with E-state index >= 15 is 0 Å². The van der Waals surface area contributed by atoms with Crippen LogP contribution in [0.2, 0.25) is 0 Å². The third kappa shape index (κ3) is 5.78. The summed E-state index contributed by atoms with van der Waals surface area (Å²) in [4.78, 5) is 25.4. The van der Waals surface area contributed by atoms with Crippen molar-refractivity contribution in [3.63, 3.8) is 0 Å². The minimum absolute atomic E-state index is 0.306. The van der Waals surface area contributed by atoms with Crippen LogP contribution in [0.4, 0.5) is 10.5 Å². The standard InChI is InChI=1S/C25H27N3O4/c1-17(26-25(30)27-21-15-14-20(31-2)16-22(21)32-3)24(29)28-23(18-10-6-4-7-11-18)19-12-8-5-9-13-19/h4-17,23H,1-3H3,(H,28,29)(H2,26,27,30). The number of hydrogen-bond donors (Lipinski definition) is 3. The molecule has 0 bridgehead atoms. The molecule has 0 aromatic heterocycles. The van der Waals surface area contributed by atoms with Gasteiger partial charge >= 0.3 is 6.03 Å². The average Bonchev–Trinajstić information content (AvgIpc) is 2.83. The molecule has 3 amide bonds. The smallest absolute Gasteiger partial charge is 0.319 e. The highest BCUT2D eigenvalue weighted by Gasteiger charge is 2.22. The quantitative estimate of drug-likeness (QED) is 0.499. The number of methoxy groups -OCH3 is 2. The van der Waals surface area contributed by atoms with Crippen LogP contribution < -0.4 is 25.4 Å². The van der Waals surface area contributed by atoms with Crippen LogP contribution in [0, 0.1) is 0 Å². The molecule has 0 aliphatic heterocycles. The number of rotatable bonds is 8. The summed E-state index contributed by atoms with van der Waals surface area (Å²) in [6.45, 7) is 1.63. The first-order chi connectivity index (χ1) is 15.5. The zero-order valence-electron chi connectivity index (χ0n) is 18.3. The van der Waals surface area contributed by atoms with E-state index in [2.05, 4.69) is 16.0 Å². The number of benzene rings is 3. The molecule has 166 valence electrons. The van der Waals surface area contributed by atoms with Crippen LogP contribution in [-0.2, 0) is 4.79 Å². The second-order valence-corrected chi connectivity index (χ2v) is 7.15. The first-order valence-electron chi connectivity index (χ1n) is 10.2. The number of amides is 3. The molecule has 3 rings (SSSR count). The summed E-state index contributed by atoms with van der Waals surface area (Å²) in [5, 5.41) is 8.41. The topological polar surface area (TPSA) is 88.7 Å². The second kappa shape index (κ2) is 10.9. The first kappa shape index (κ1) is 22.7. The van der Waals surface area contributed by atoms with Gasteiger partial charge < -0.3 is 25.4 Å². The maximum atomic E-state index is 12.9. The Bertz CT molecular complexity index is 1000. The molecule has 0 fully saturated rings. The summed E-state index contributed by atoms with van der Waals surface area (Å²) in [5.74, 6) is 0.748. The summed E-state index contributed by atoms with van der Waals surface area (Å²) in [6.07, 6.45) is 0. The fourth-order valence-electron chi connectivity index (χ4n) is 3.24. The Morgan fingerprint density at radius 1 is 0.781 bits per heavy atom. The Hall–Kier alpha value is -4.00. The van der Waals surface area contributed by atoms with Crippen molar-refractivity contribution in [3.05, 3.63) is 90.0 Å². The van der Waals surface area contributed by atoms with E-state index in [1.54, 1.807) is 32.2 Å². The van der Waals surface area contributed by atoms with Crippen LogP contribution >= 0.6 is 0 Å². The van der Waals surface area contributed by atoms with Crippen LogP contribution in [0.15, 0.2) is 78.9 Å². The maximum Gasteiger partial charge on any atom is 0.319 e. The van der Waals surface area contributed by atoms with E-state index in [-0.39, 0.29) is 11.9 Å². The zero-order valence-corrected chi connectivity index (χ0v) is 18.3. The summed E-state index contributed by atoms with van der Waals surface area (Å²) in [7, 11) is 3.05. The molecule has 7 heteroatoms. The van der Waals surface area contributed by atoms with Gasteiger partial charge in [-0.15, -0.1) is 0 Å². The Morgan fingerprint density at radius 3 is 1.91 bits per heavy atom. The average molecular weight is 434 g/mol.